The zero-order chi connectivity index (χ0) is 17.9. The first-order chi connectivity index (χ1) is 12.7. The van der Waals surface area contributed by atoms with E-state index in [9.17, 15) is 9.18 Å². The van der Waals surface area contributed by atoms with Gasteiger partial charge in [0.25, 0.3) is 0 Å². The molecule has 1 saturated heterocycles. The van der Waals surface area contributed by atoms with Gasteiger partial charge in [0, 0.05) is 49.9 Å². The maximum atomic E-state index is 13.0. The van der Waals surface area contributed by atoms with Crippen molar-refractivity contribution >= 4 is 11.6 Å². The fourth-order valence-electron chi connectivity index (χ4n) is 4.58. The van der Waals surface area contributed by atoms with E-state index < -0.39 is 0 Å². The van der Waals surface area contributed by atoms with Crippen LogP contribution in [0.25, 0.3) is 0 Å². The van der Waals surface area contributed by atoms with Crippen LogP contribution in [0.3, 0.4) is 0 Å². The number of carbonyl (C=O) groups is 1. The molecule has 0 atom stereocenters. The van der Waals surface area contributed by atoms with E-state index in [2.05, 4.69) is 15.1 Å². The van der Waals surface area contributed by atoms with Crippen LogP contribution in [0.4, 0.5) is 10.1 Å². The largest absolute Gasteiger partial charge is 0.382 e. The highest BCUT2D eigenvalue weighted by molar-refractivity contribution is 5.79. The Kier molecular flexibility index (Phi) is 5.44. The fourth-order valence-corrected chi connectivity index (χ4v) is 4.58. The van der Waals surface area contributed by atoms with Crippen LogP contribution in [-0.4, -0.2) is 54.0 Å². The molecule has 0 radical (unpaired) electrons. The van der Waals surface area contributed by atoms with Crippen molar-refractivity contribution < 1.29 is 9.18 Å². The number of anilines is 1. The Bertz CT molecular complexity index is 600. The second-order valence-corrected chi connectivity index (χ2v) is 8.15. The summed E-state index contributed by atoms with van der Waals surface area (Å²) < 4.78 is 13.0. The maximum Gasteiger partial charge on any atom is 0.225 e. The van der Waals surface area contributed by atoms with Crippen LogP contribution in [0.2, 0.25) is 0 Å². The van der Waals surface area contributed by atoms with Gasteiger partial charge in [-0.2, -0.15) is 0 Å². The quantitative estimate of drug-likeness (QED) is 0.894. The van der Waals surface area contributed by atoms with Crippen molar-refractivity contribution in [3.8, 4) is 0 Å². The molecule has 0 bridgehead atoms. The van der Waals surface area contributed by atoms with E-state index in [-0.39, 0.29) is 11.7 Å². The maximum absolute atomic E-state index is 13.0. The van der Waals surface area contributed by atoms with Crippen LogP contribution in [0.5, 0.6) is 0 Å². The van der Waals surface area contributed by atoms with Gasteiger partial charge in [-0.1, -0.05) is 6.42 Å². The third-order valence-electron chi connectivity index (χ3n) is 6.51. The minimum absolute atomic E-state index is 0.191. The molecule has 2 saturated carbocycles. The number of piperazine rings is 1. The van der Waals surface area contributed by atoms with E-state index in [0.29, 0.717) is 11.9 Å². The first kappa shape index (κ1) is 17.8. The molecule has 0 aromatic heterocycles. The molecule has 0 spiro atoms. The Morgan fingerprint density at radius 3 is 2.15 bits per heavy atom. The number of rotatable bonds is 4. The molecule has 1 aliphatic heterocycles. The molecule has 1 aromatic carbocycles. The lowest BCUT2D eigenvalue weighted by Crippen LogP contribution is -2.54. The van der Waals surface area contributed by atoms with E-state index in [1.807, 2.05) is 0 Å². The monoisotopic (exact) mass is 359 g/mol. The average Bonchev–Trinajstić information content (AvgIpc) is 2.63. The van der Waals surface area contributed by atoms with Crippen LogP contribution >= 0.6 is 0 Å². The van der Waals surface area contributed by atoms with E-state index in [4.69, 9.17) is 0 Å². The average molecular weight is 359 g/mol. The minimum Gasteiger partial charge on any atom is -0.382 e. The van der Waals surface area contributed by atoms with E-state index in [0.717, 1.165) is 63.6 Å². The summed E-state index contributed by atoms with van der Waals surface area (Å²) in [4.78, 5) is 17.5. The van der Waals surface area contributed by atoms with Crippen LogP contribution in [0.1, 0.15) is 44.9 Å². The minimum atomic E-state index is -0.206. The molecule has 5 heteroatoms. The molecule has 3 fully saturated rings. The topological polar surface area (TPSA) is 35.6 Å². The summed E-state index contributed by atoms with van der Waals surface area (Å²) in [6.07, 6.45) is 8.00. The summed E-state index contributed by atoms with van der Waals surface area (Å²) in [5, 5.41) is 3.48. The zero-order valence-corrected chi connectivity index (χ0v) is 15.5. The van der Waals surface area contributed by atoms with Gasteiger partial charge in [0.2, 0.25) is 5.91 Å². The molecule has 1 N–H and O–H groups in total. The molecule has 4 nitrogen and oxygen atoms in total. The number of amides is 1. The van der Waals surface area contributed by atoms with Crippen molar-refractivity contribution in [2.45, 2.75) is 57.0 Å². The number of halogens is 1. The third kappa shape index (κ3) is 4.03. The number of nitrogens with one attached hydrogen (secondary N) is 1. The Morgan fingerprint density at radius 2 is 1.58 bits per heavy atom. The molecule has 1 aromatic rings. The highest BCUT2D eigenvalue weighted by Gasteiger charge is 2.33. The number of hydrogen-bond donors (Lipinski definition) is 1. The first-order valence-electron chi connectivity index (χ1n) is 10.2. The lowest BCUT2D eigenvalue weighted by Gasteiger charge is -2.44. The number of nitrogens with zero attached hydrogens (tertiary/aromatic N) is 2. The lowest BCUT2D eigenvalue weighted by molar-refractivity contribution is -0.139. The van der Waals surface area contributed by atoms with Gasteiger partial charge in [-0.25, -0.2) is 4.39 Å². The highest BCUT2D eigenvalue weighted by atomic mass is 19.1. The fraction of sp³-hybridized carbons (Fsp3) is 0.667. The van der Waals surface area contributed by atoms with Gasteiger partial charge in [-0.3, -0.25) is 9.69 Å². The second-order valence-electron chi connectivity index (χ2n) is 8.15. The molecule has 0 unspecified atom stereocenters. The summed E-state index contributed by atoms with van der Waals surface area (Å²) in [6.45, 7) is 3.92. The molecular weight excluding hydrogens is 329 g/mol. The zero-order valence-electron chi connectivity index (χ0n) is 15.5. The number of carbonyl (C=O) groups excluding carboxylic acids is 1. The van der Waals surface area contributed by atoms with E-state index in [1.165, 1.54) is 31.4 Å². The van der Waals surface area contributed by atoms with Gasteiger partial charge >= 0.3 is 0 Å². The number of hydrogen-bond acceptors (Lipinski definition) is 3. The van der Waals surface area contributed by atoms with Gasteiger partial charge in [-0.15, -0.1) is 0 Å². The van der Waals surface area contributed by atoms with Gasteiger partial charge in [0.1, 0.15) is 5.82 Å². The Hall–Kier alpha value is -1.62. The van der Waals surface area contributed by atoms with E-state index in [1.54, 1.807) is 12.1 Å². The van der Waals surface area contributed by atoms with Crippen molar-refractivity contribution in [3.63, 3.8) is 0 Å². The van der Waals surface area contributed by atoms with Crippen molar-refractivity contribution in [3.05, 3.63) is 30.1 Å². The van der Waals surface area contributed by atoms with Crippen LogP contribution < -0.4 is 5.32 Å². The Labute approximate surface area is 155 Å². The predicted molar refractivity (Wildman–Crippen MR) is 102 cm³/mol. The normalized spacial score (nSPS) is 27.8. The molecule has 142 valence electrons. The summed E-state index contributed by atoms with van der Waals surface area (Å²) in [7, 11) is 0. The summed E-state index contributed by atoms with van der Waals surface area (Å²) in [6, 6.07) is 7.73. The molecule has 1 amide bonds. The molecular formula is C21H30FN3O. The summed E-state index contributed by atoms with van der Waals surface area (Å²) >= 11 is 0. The van der Waals surface area contributed by atoms with Gasteiger partial charge in [-0.05, 0) is 62.8 Å². The van der Waals surface area contributed by atoms with Crippen molar-refractivity contribution in [2.75, 3.05) is 31.5 Å². The SMILES string of the molecule is O=C([C@H]1CC[C@@H](Nc2ccc(F)cc2)CC1)N1CCN(C2CCC2)CC1. The third-order valence-corrected chi connectivity index (χ3v) is 6.51. The van der Waals surface area contributed by atoms with Crippen molar-refractivity contribution in [2.24, 2.45) is 5.92 Å². The van der Waals surface area contributed by atoms with Crippen LogP contribution in [0, 0.1) is 11.7 Å². The smallest absolute Gasteiger partial charge is 0.225 e. The van der Waals surface area contributed by atoms with E-state index >= 15 is 0 Å². The number of benzene rings is 1. The predicted octanol–water partition coefficient (Wildman–Crippen LogP) is 3.49. The van der Waals surface area contributed by atoms with Gasteiger partial charge in [0.05, 0.1) is 0 Å². The molecule has 1 heterocycles. The standard InChI is InChI=1S/C21H30FN3O/c22-17-6-10-19(11-7-17)23-18-8-4-16(5-9-18)21(26)25-14-12-24(13-15-25)20-2-1-3-20/h6-7,10-11,16,18,20,23H,1-5,8-9,12-15H2/t16-,18+. The van der Waals surface area contributed by atoms with Crippen molar-refractivity contribution in [1.29, 1.82) is 0 Å². The second kappa shape index (κ2) is 7.95. The molecule has 4 rings (SSSR count). The van der Waals surface area contributed by atoms with Crippen LogP contribution in [0.15, 0.2) is 24.3 Å². The molecule has 26 heavy (non-hydrogen) atoms. The first-order valence-corrected chi connectivity index (χ1v) is 10.2. The molecule has 2 aliphatic carbocycles. The van der Waals surface area contributed by atoms with Gasteiger partial charge in [0.15, 0.2) is 0 Å². The Balaban J connectivity index is 1.21. The van der Waals surface area contributed by atoms with Crippen LogP contribution in [-0.2, 0) is 4.79 Å². The van der Waals surface area contributed by atoms with Crippen molar-refractivity contribution in [1.82, 2.24) is 9.80 Å². The summed E-state index contributed by atoms with van der Waals surface area (Å²) in [5.41, 5.74) is 0.966. The molecule has 3 aliphatic rings. The van der Waals surface area contributed by atoms with Gasteiger partial charge < -0.3 is 10.2 Å². The summed E-state index contributed by atoms with van der Waals surface area (Å²) in [5.74, 6) is 0.359. The lowest BCUT2D eigenvalue weighted by atomic mass is 9.84. The highest BCUT2D eigenvalue weighted by Crippen LogP contribution is 2.30. The Morgan fingerprint density at radius 1 is 0.923 bits per heavy atom.